The predicted molar refractivity (Wildman–Crippen MR) is 140 cm³/mol. The number of nitrogens with zero attached hydrogens (tertiary/aromatic N) is 6. The Bertz CT molecular complexity index is 1050. The number of hydrogen-bond acceptors (Lipinski definition) is 7. The van der Waals surface area contributed by atoms with Crippen LogP contribution in [-0.2, 0) is 13.3 Å². The van der Waals surface area contributed by atoms with Crippen molar-refractivity contribution in [2.24, 2.45) is 10.2 Å². The van der Waals surface area contributed by atoms with Crippen molar-refractivity contribution >= 4 is 32.1 Å². The van der Waals surface area contributed by atoms with Crippen molar-refractivity contribution in [3.05, 3.63) is 80.5 Å². The lowest BCUT2D eigenvalue weighted by Crippen LogP contribution is -2.46. The van der Waals surface area contributed by atoms with Crippen LogP contribution in [0, 0.1) is 0 Å². The molecule has 0 heterocycles. The Morgan fingerprint density at radius 1 is 0.838 bits per heavy atom. The first-order chi connectivity index (χ1) is 17.8. The van der Waals surface area contributed by atoms with Crippen LogP contribution in [0.1, 0.15) is 47.9 Å². The maximum atomic E-state index is 12.1. The summed E-state index contributed by atoms with van der Waals surface area (Å²) in [6.45, 7) is 7.87. The molecule has 1 amide bonds. The average Bonchev–Trinajstić information content (AvgIpc) is 2.88. The molecule has 0 radical (unpaired) electrons. The smallest absolute Gasteiger partial charge is 0.478 e. The Kier molecular flexibility index (Phi) is 14.7. The van der Waals surface area contributed by atoms with Crippen LogP contribution in [0.2, 0.25) is 6.04 Å². The molecule has 2 aromatic carbocycles. The molecule has 0 aliphatic heterocycles. The number of carbonyl (C=O) groups excluding carboxylic acids is 1. The SMILES string of the molecule is CCO[Si](CCCNC(=O)c1ccc(N=[N+]=[N-])cc1)(OCC)OCC.[N-]=[N+]=Nc1ccc(C(=O)O)cc1. The Morgan fingerprint density at radius 2 is 1.27 bits per heavy atom. The topological polar surface area (TPSA) is 192 Å². The molecule has 0 atom stereocenters. The second kappa shape index (κ2) is 17.5. The van der Waals surface area contributed by atoms with E-state index in [1.54, 1.807) is 24.3 Å². The number of aromatic carboxylic acids is 1. The van der Waals surface area contributed by atoms with E-state index in [1.165, 1.54) is 24.3 Å². The summed E-state index contributed by atoms with van der Waals surface area (Å²) >= 11 is 0. The lowest BCUT2D eigenvalue weighted by molar-refractivity contribution is 0.0691. The van der Waals surface area contributed by atoms with Crippen LogP contribution in [0.5, 0.6) is 0 Å². The maximum Gasteiger partial charge on any atom is 0.500 e. The van der Waals surface area contributed by atoms with Crippen LogP contribution >= 0.6 is 0 Å². The summed E-state index contributed by atoms with van der Waals surface area (Å²) in [4.78, 5) is 27.7. The van der Waals surface area contributed by atoms with Gasteiger partial charge in [0.2, 0.25) is 0 Å². The first-order valence-electron chi connectivity index (χ1n) is 11.6. The predicted octanol–water partition coefficient (Wildman–Crippen LogP) is 6.12. The van der Waals surface area contributed by atoms with Gasteiger partial charge >= 0.3 is 14.8 Å². The van der Waals surface area contributed by atoms with Crippen molar-refractivity contribution in [2.45, 2.75) is 33.2 Å². The lowest BCUT2D eigenvalue weighted by Gasteiger charge is -2.28. The molecule has 0 aromatic heterocycles. The van der Waals surface area contributed by atoms with Gasteiger partial charge in [-0.05, 0) is 62.5 Å². The van der Waals surface area contributed by atoms with Gasteiger partial charge in [-0.3, -0.25) is 4.79 Å². The molecule has 0 aliphatic rings. The Labute approximate surface area is 216 Å². The average molecular weight is 530 g/mol. The number of carboxylic acids is 1. The quantitative estimate of drug-likeness (QED) is 0.0972. The summed E-state index contributed by atoms with van der Waals surface area (Å²) < 4.78 is 17.3. The highest BCUT2D eigenvalue weighted by atomic mass is 28.4. The number of carbonyl (C=O) groups is 2. The third-order valence-electron chi connectivity index (χ3n) is 4.60. The number of hydrogen-bond donors (Lipinski definition) is 2. The molecule has 0 bridgehead atoms. The van der Waals surface area contributed by atoms with Crippen LogP contribution < -0.4 is 5.32 Å². The van der Waals surface area contributed by atoms with Crippen molar-refractivity contribution in [3.8, 4) is 0 Å². The summed E-state index contributed by atoms with van der Waals surface area (Å²) in [5.41, 5.74) is 18.0. The number of carboxylic acid groups (broad SMARTS) is 1. The van der Waals surface area contributed by atoms with Crippen molar-refractivity contribution < 1.29 is 28.0 Å². The van der Waals surface area contributed by atoms with E-state index in [2.05, 4.69) is 25.4 Å². The minimum absolute atomic E-state index is 0.173. The molecule has 0 saturated carbocycles. The highest BCUT2D eigenvalue weighted by molar-refractivity contribution is 6.60. The van der Waals surface area contributed by atoms with Gasteiger partial charge in [0.05, 0.1) is 5.56 Å². The molecule has 14 heteroatoms. The van der Waals surface area contributed by atoms with Crippen LogP contribution in [0.3, 0.4) is 0 Å². The van der Waals surface area contributed by atoms with E-state index in [1.807, 2.05) is 20.8 Å². The van der Waals surface area contributed by atoms with Gasteiger partial charge in [0.1, 0.15) is 0 Å². The normalized spacial score (nSPS) is 10.2. The number of rotatable bonds is 14. The molecule has 13 nitrogen and oxygen atoms in total. The lowest BCUT2D eigenvalue weighted by atomic mass is 10.2. The zero-order chi connectivity index (χ0) is 27.5. The molecule has 0 unspecified atom stereocenters. The highest BCUT2D eigenvalue weighted by Gasteiger charge is 2.39. The van der Waals surface area contributed by atoms with Gasteiger partial charge < -0.3 is 23.7 Å². The minimum atomic E-state index is -2.66. The molecule has 0 aliphatic carbocycles. The molecule has 0 fully saturated rings. The number of nitrogens with one attached hydrogen (secondary N) is 1. The number of azide groups is 2. The Morgan fingerprint density at radius 3 is 1.65 bits per heavy atom. The monoisotopic (exact) mass is 529 g/mol. The van der Waals surface area contributed by atoms with E-state index < -0.39 is 14.8 Å². The molecule has 2 rings (SSSR count). The van der Waals surface area contributed by atoms with Crippen LogP contribution in [-0.4, -0.2) is 52.2 Å². The summed E-state index contributed by atoms with van der Waals surface area (Å²) in [5.74, 6) is -1.17. The van der Waals surface area contributed by atoms with E-state index >= 15 is 0 Å². The largest absolute Gasteiger partial charge is 0.500 e. The van der Waals surface area contributed by atoms with Gasteiger partial charge in [0.25, 0.3) is 5.91 Å². The van der Waals surface area contributed by atoms with E-state index in [9.17, 15) is 9.59 Å². The van der Waals surface area contributed by atoms with Gasteiger partial charge in [-0.25, -0.2) is 4.79 Å². The Balaban J connectivity index is 0.000000474. The van der Waals surface area contributed by atoms with Crippen LogP contribution in [0.15, 0.2) is 58.8 Å². The summed E-state index contributed by atoms with van der Waals surface area (Å²) in [6, 6.07) is 12.8. The molecule has 198 valence electrons. The van der Waals surface area contributed by atoms with Gasteiger partial charge in [-0.2, -0.15) is 0 Å². The van der Waals surface area contributed by atoms with Gasteiger partial charge in [-0.15, -0.1) is 0 Å². The zero-order valence-electron chi connectivity index (χ0n) is 21.0. The van der Waals surface area contributed by atoms with Crippen LogP contribution in [0.25, 0.3) is 20.9 Å². The molecule has 0 saturated heterocycles. The number of benzene rings is 2. The molecule has 0 spiro atoms. The maximum absolute atomic E-state index is 12.1. The number of amides is 1. The molecule has 37 heavy (non-hydrogen) atoms. The van der Waals surface area contributed by atoms with Gasteiger partial charge in [0, 0.05) is 59.2 Å². The molecule has 2 aromatic rings. The fourth-order valence-corrected chi connectivity index (χ4v) is 5.68. The van der Waals surface area contributed by atoms with Crippen molar-refractivity contribution in [2.75, 3.05) is 26.4 Å². The fraction of sp³-hybridized carbons (Fsp3) is 0.391. The third-order valence-corrected chi connectivity index (χ3v) is 7.75. The molecular formula is C23H31N7O6Si. The second-order valence-corrected chi connectivity index (χ2v) is 9.85. The van der Waals surface area contributed by atoms with E-state index in [0.29, 0.717) is 55.8 Å². The van der Waals surface area contributed by atoms with Crippen molar-refractivity contribution in [3.63, 3.8) is 0 Å². The summed E-state index contributed by atoms with van der Waals surface area (Å²) in [7, 11) is -2.66. The van der Waals surface area contributed by atoms with E-state index in [4.69, 9.17) is 29.4 Å². The Hall–Kier alpha value is -3.90. The van der Waals surface area contributed by atoms with E-state index in [0.717, 1.165) is 0 Å². The fourth-order valence-electron chi connectivity index (χ4n) is 3.06. The van der Waals surface area contributed by atoms with Crippen molar-refractivity contribution in [1.82, 2.24) is 5.32 Å². The third kappa shape index (κ3) is 11.6. The van der Waals surface area contributed by atoms with Gasteiger partial charge in [0.15, 0.2) is 0 Å². The standard InChI is InChI=1S/C16H26N4O4Si.C7H5N3O2/c1-4-22-25(23-5-2,24-6-3)13-7-12-18-16(21)14-8-10-15(11-9-14)19-20-17;8-10-9-6-3-1-5(2-4-6)7(11)12/h8-11H,4-7,12-13H2,1-3H3,(H,18,21);1-4H,(H,11,12). The van der Waals surface area contributed by atoms with Crippen LogP contribution in [0.4, 0.5) is 11.4 Å². The minimum Gasteiger partial charge on any atom is -0.478 e. The van der Waals surface area contributed by atoms with Crippen molar-refractivity contribution in [1.29, 1.82) is 0 Å². The van der Waals surface area contributed by atoms with E-state index in [-0.39, 0.29) is 11.5 Å². The highest BCUT2D eigenvalue weighted by Crippen LogP contribution is 2.18. The molecular weight excluding hydrogens is 498 g/mol. The zero-order valence-corrected chi connectivity index (χ0v) is 22.0. The second-order valence-electron chi connectivity index (χ2n) is 7.12. The molecule has 2 N–H and O–H groups in total. The first kappa shape index (κ1) is 31.1. The van der Waals surface area contributed by atoms with Gasteiger partial charge in [-0.1, -0.05) is 34.5 Å². The first-order valence-corrected chi connectivity index (χ1v) is 13.5. The summed E-state index contributed by atoms with van der Waals surface area (Å²) in [6.07, 6.45) is 0.703. The summed E-state index contributed by atoms with van der Waals surface area (Å²) in [5, 5.41) is 18.1.